The van der Waals surface area contributed by atoms with Crippen LogP contribution in [0.15, 0.2) is 48.2 Å². The summed E-state index contributed by atoms with van der Waals surface area (Å²) >= 11 is 0. The number of hydrogen-bond donors (Lipinski definition) is 2. The first-order valence-corrected chi connectivity index (χ1v) is 7.35. The van der Waals surface area contributed by atoms with Crippen LogP contribution in [-0.4, -0.2) is 25.2 Å². The molecular formula is C17H20N2O4. The molecule has 0 unspecified atom stereocenters. The van der Waals surface area contributed by atoms with Crippen LogP contribution in [0.2, 0.25) is 0 Å². The van der Waals surface area contributed by atoms with Gasteiger partial charge in [0.25, 0.3) is 0 Å². The highest BCUT2D eigenvalue weighted by Crippen LogP contribution is 2.28. The van der Waals surface area contributed by atoms with Crippen LogP contribution in [0.3, 0.4) is 0 Å². The predicted octanol–water partition coefficient (Wildman–Crippen LogP) is 2.44. The first kappa shape index (κ1) is 16.6. The maximum Gasteiger partial charge on any atom is 0.338 e. The number of esters is 1. The van der Waals surface area contributed by atoms with Crippen LogP contribution in [0.4, 0.5) is 4.79 Å². The summed E-state index contributed by atoms with van der Waals surface area (Å²) in [5.41, 5.74) is 1.62. The number of carbonyl (C=O) groups is 2. The van der Waals surface area contributed by atoms with Gasteiger partial charge in [-0.2, -0.15) is 0 Å². The van der Waals surface area contributed by atoms with E-state index in [4.69, 9.17) is 9.47 Å². The highest BCUT2D eigenvalue weighted by atomic mass is 16.5. The largest absolute Gasteiger partial charge is 0.494 e. The van der Waals surface area contributed by atoms with E-state index >= 15 is 0 Å². The van der Waals surface area contributed by atoms with Crippen molar-refractivity contribution in [2.75, 3.05) is 13.2 Å². The molecule has 2 N–H and O–H groups in total. The lowest BCUT2D eigenvalue weighted by molar-refractivity contribution is -0.138. The second-order valence-electron chi connectivity index (χ2n) is 4.96. The van der Waals surface area contributed by atoms with E-state index in [9.17, 15) is 9.59 Å². The first-order valence-electron chi connectivity index (χ1n) is 7.35. The number of rotatable bonds is 6. The van der Waals surface area contributed by atoms with Gasteiger partial charge in [0.1, 0.15) is 12.4 Å². The van der Waals surface area contributed by atoms with E-state index in [1.165, 1.54) is 6.08 Å². The van der Waals surface area contributed by atoms with E-state index in [1.54, 1.807) is 19.1 Å². The van der Waals surface area contributed by atoms with Crippen LogP contribution in [0.1, 0.15) is 25.5 Å². The van der Waals surface area contributed by atoms with Crippen molar-refractivity contribution in [2.45, 2.75) is 19.9 Å². The Morgan fingerprint density at radius 2 is 2.04 bits per heavy atom. The molecule has 0 aromatic heterocycles. The van der Waals surface area contributed by atoms with Crippen LogP contribution in [-0.2, 0) is 9.53 Å². The molecular weight excluding hydrogens is 296 g/mol. The van der Waals surface area contributed by atoms with Gasteiger partial charge in [0.05, 0.1) is 18.2 Å². The van der Waals surface area contributed by atoms with Crippen molar-refractivity contribution in [3.05, 3.63) is 53.8 Å². The number of urea groups is 1. The number of carbonyl (C=O) groups excluding carboxylic acids is 2. The monoisotopic (exact) mass is 316 g/mol. The summed E-state index contributed by atoms with van der Waals surface area (Å²) in [4.78, 5) is 24.0. The zero-order valence-electron chi connectivity index (χ0n) is 13.2. The van der Waals surface area contributed by atoms with Gasteiger partial charge in [-0.1, -0.05) is 24.8 Å². The fourth-order valence-corrected chi connectivity index (χ4v) is 2.35. The SMILES string of the molecule is C=CCOC(=O)C1=C(C)NC(=O)N[C@@H]1c1ccc(OCC)cc1. The number of ether oxygens (including phenoxy) is 2. The highest BCUT2D eigenvalue weighted by molar-refractivity contribution is 5.95. The van der Waals surface area contributed by atoms with Crippen molar-refractivity contribution in [1.82, 2.24) is 10.6 Å². The number of benzene rings is 1. The lowest BCUT2D eigenvalue weighted by Gasteiger charge is -2.28. The Balaban J connectivity index is 2.32. The average molecular weight is 316 g/mol. The van der Waals surface area contributed by atoms with Gasteiger partial charge in [0.15, 0.2) is 0 Å². The van der Waals surface area contributed by atoms with Gasteiger partial charge in [-0.25, -0.2) is 9.59 Å². The van der Waals surface area contributed by atoms with Gasteiger partial charge in [-0.15, -0.1) is 0 Å². The lowest BCUT2D eigenvalue weighted by atomic mass is 9.95. The third-order valence-corrected chi connectivity index (χ3v) is 3.35. The van der Waals surface area contributed by atoms with E-state index in [1.807, 2.05) is 19.1 Å². The van der Waals surface area contributed by atoms with Gasteiger partial charge in [-0.05, 0) is 31.5 Å². The Morgan fingerprint density at radius 1 is 1.35 bits per heavy atom. The molecule has 1 atom stereocenters. The fourth-order valence-electron chi connectivity index (χ4n) is 2.35. The number of hydrogen-bond acceptors (Lipinski definition) is 4. The molecule has 0 spiro atoms. The molecule has 0 saturated heterocycles. The molecule has 2 rings (SSSR count). The van der Waals surface area contributed by atoms with E-state index in [0.29, 0.717) is 17.9 Å². The Hall–Kier alpha value is -2.76. The summed E-state index contributed by atoms with van der Waals surface area (Å²) < 4.78 is 10.5. The molecule has 1 aromatic rings. The van der Waals surface area contributed by atoms with Gasteiger partial charge in [0.2, 0.25) is 0 Å². The van der Waals surface area contributed by atoms with E-state index in [2.05, 4.69) is 17.2 Å². The zero-order valence-corrected chi connectivity index (χ0v) is 13.2. The number of nitrogens with one attached hydrogen (secondary N) is 2. The third-order valence-electron chi connectivity index (χ3n) is 3.35. The third kappa shape index (κ3) is 3.91. The molecule has 23 heavy (non-hydrogen) atoms. The van der Waals surface area contributed by atoms with Crippen molar-refractivity contribution in [1.29, 1.82) is 0 Å². The Labute approximate surface area is 135 Å². The minimum absolute atomic E-state index is 0.111. The van der Waals surface area contributed by atoms with Crippen molar-refractivity contribution in [3.63, 3.8) is 0 Å². The molecule has 0 fully saturated rings. The van der Waals surface area contributed by atoms with Gasteiger partial charge < -0.3 is 20.1 Å². The number of amides is 2. The molecule has 2 amide bonds. The fraction of sp³-hybridized carbons (Fsp3) is 0.294. The molecule has 122 valence electrons. The molecule has 6 heteroatoms. The van der Waals surface area contributed by atoms with E-state index < -0.39 is 12.0 Å². The van der Waals surface area contributed by atoms with E-state index in [-0.39, 0.29) is 12.6 Å². The molecule has 1 aliphatic rings. The summed E-state index contributed by atoms with van der Waals surface area (Å²) in [5, 5.41) is 5.34. The first-order chi connectivity index (χ1) is 11.1. The van der Waals surface area contributed by atoms with Crippen LogP contribution in [0, 0.1) is 0 Å². The molecule has 0 bridgehead atoms. The summed E-state index contributed by atoms with van der Waals surface area (Å²) in [6, 6.07) is 6.30. The maximum atomic E-state index is 12.3. The van der Waals surface area contributed by atoms with Crippen molar-refractivity contribution < 1.29 is 19.1 Å². The van der Waals surface area contributed by atoms with Crippen LogP contribution < -0.4 is 15.4 Å². The van der Waals surface area contributed by atoms with E-state index in [0.717, 1.165) is 11.3 Å². The summed E-state index contributed by atoms with van der Waals surface area (Å²) in [5.74, 6) is 0.238. The minimum atomic E-state index is -0.572. The standard InChI is InChI=1S/C17H20N2O4/c1-4-10-23-16(20)14-11(3)18-17(21)19-15(14)12-6-8-13(9-7-12)22-5-2/h4,6-9,15H,1,5,10H2,2-3H3,(H2,18,19,21)/t15-/m1/s1. The summed E-state index contributed by atoms with van der Waals surface area (Å²) in [6.07, 6.45) is 1.49. The Morgan fingerprint density at radius 3 is 2.65 bits per heavy atom. The predicted molar refractivity (Wildman–Crippen MR) is 85.9 cm³/mol. The second kappa shape index (κ2) is 7.49. The maximum absolute atomic E-state index is 12.3. The second-order valence-corrected chi connectivity index (χ2v) is 4.96. The summed E-state index contributed by atoms with van der Waals surface area (Å²) in [6.45, 7) is 7.78. The van der Waals surface area contributed by atoms with Crippen LogP contribution in [0.5, 0.6) is 5.75 Å². The molecule has 1 heterocycles. The normalized spacial score (nSPS) is 17.1. The Kier molecular flexibility index (Phi) is 5.41. The van der Waals surface area contributed by atoms with Crippen molar-refractivity contribution in [3.8, 4) is 5.75 Å². The summed E-state index contributed by atoms with van der Waals surface area (Å²) in [7, 11) is 0. The molecule has 1 aliphatic heterocycles. The van der Waals surface area contributed by atoms with Gasteiger partial charge in [0, 0.05) is 5.70 Å². The average Bonchev–Trinajstić information content (AvgIpc) is 2.53. The zero-order chi connectivity index (χ0) is 16.8. The van der Waals surface area contributed by atoms with Crippen molar-refractivity contribution >= 4 is 12.0 Å². The number of allylic oxidation sites excluding steroid dienone is 1. The van der Waals surface area contributed by atoms with Crippen LogP contribution >= 0.6 is 0 Å². The van der Waals surface area contributed by atoms with Crippen LogP contribution in [0.25, 0.3) is 0 Å². The molecule has 1 aromatic carbocycles. The smallest absolute Gasteiger partial charge is 0.338 e. The molecule has 0 radical (unpaired) electrons. The lowest BCUT2D eigenvalue weighted by Crippen LogP contribution is -2.45. The van der Waals surface area contributed by atoms with Gasteiger partial charge >= 0.3 is 12.0 Å². The van der Waals surface area contributed by atoms with Gasteiger partial charge in [-0.3, -0.25) is 0 Å². The molecule has 6 nitrogen and oxygen atoms in total. The van der Waals surface area contributed by atoms with Crippen molar-refractivity contribution in [2.24, 2.45) is 0 Å². The molecule has 0 aliphatic carbocycles. The quantitative estimate of drug-likeness (QED) is 0.624. The topological polar surface area (TPSA) is 76.7 Å². The highest BCUT2D eigenvalue weighted by Gasteiger charge is 2.32. The minimum Gasteiger partial charge on any atom is -0.494 e. The molecule has 0 saturated carbocycles. The Bertz CT molecular complexity index is 634.